The second-order valence-electron chi connectivity index (χ2n) is 3.51. The predicted octanol–water partition coefficient (Wildman–Crippen LogP) is 1.78. The highest BCUT2D eigenvalue weighted by Gasteiger charge is 2.11. The molecule has 0 aliphatic heterocycles. The van der Waals surface area contributed by atoms with Gasteiger partial charge in [0.15, 0.2) is 24.4 Å². The third-order valence-electron chi connectivity index (χ3n) is 2.27. The lowest BCUT2D eigenvalue weighted by atomic mass is 10.2. The maximum absolute atomic E-state index is 10.9. The Morgan fingerprint density at radius 1 is 1.44 bits per heavy atom. The van der Waals surface area contributed by atoms with E-state index >= 15 is 0 Å². The fraction of sp³-hybridized carbons (Fsp3) is 0.250. The topological polar surface area (TPSA) is 74.5 Å². The third kappa shape index (κ3) is 2.48. The number of nitrogens with zero attached hydrogens (tertiary/aromatic N) is 2. The fourth-order valence-corrected chi connectivity index (χ4v) is 1.48. The van der Waals surface area contributed by atoms with E-state index in [1.54, 1.807) is 25.1 Å². The van der Waals surface area contributed by atoms with Crippen LogP contribution in [-0.2, 0) is 6.61 Å². The Morgan fingerprint density at radius 2 is 2.28 bits per heavy atom. The highest BCUT2D eigenvalue weighted by Crippen LogP contribution is 2.30. The Labute approximate surface area is 104 Å². The van der Waals surface area contributed by atoms with Crippen molar-refractivity contribution in [2.75, 3.05) is 7.11 Å². The van der Waals surface area contributed by atoms with Gasteiger partial charge < -0.3 is 14.0 Å². The van der Waals surface area contributed by atoms with Gasteiger partial charge in [-0.05, 0) is 12.1 Å². The summed E-state index contributed by atoms with van der Waals surface area (Å²) in [7, 11) is 1.51. The number of rotatable bonds is 5. The van der Waals surface area contributed by atoms with E-state index in [-0.39, 0.29) is 6.61 Å². The van der Waals surface area contributed by atoms with Gasteiger partial charge in [0.25, 0.3) is 0 Å². The molecule has 0 saturated heterocycles. The van der Waals surface area contributed by atoms with Crippen molar-refractivity contribution in [3.05, 3.63) is 35.5 Å². The van der Waals surface area contributed by atoms with E-state index in [0.29, 0.717) is 35.1 Å². The average Bonchev–Trinajstić information content (AvgIpc) is 2.81. The van der Waals surface area contributed by atoms with E-state index in [9.17, 15) is 4.79 Å². The first-order valence-electron chi connectivity index (χ1n) is 5.28. The first-order chi connectivity index (χ1) is 8.74. The van der Waals surface area contributed by atoms with Gasteiger partial charge in [0.1, 0.15) is 0 Å². The van der Waals surface area contributed by atoms with Crippen molar-refractivity contribution in [1.29, 1.82) is 0 Å². The van der Waals surface area contributed by atoms with Crippen molar-refractivity contribution in [2.24, 2.45) is 0 Å². The minimum Gasteiger partial charge on any atom is -0.493 e. The summed E-state index contributed by atoms with van der Waals surface area (Å²) in [5.74, 6) is 1.73. The van der Waals surface area contributed by atoms with Crippen LogP contribution in [0.5, 0.6) is 11.5 Å². The van der Waals surface area contributed by atoms with Crippen molar-refractivity contribution in [3.63, 3.8) is 0 Å². The number of aryl methyl sites for hydroxylation is 1. The molecule has 0 saturated carbocycles. The van der Waals surface area contributed by atoms with Gasteiger partial charge in [0, 0.05) is 6.92 Å². The molecule has 1 heterocycles. The number of aromatic nitrogens is 2. The molecule has 0 aliphatic rings. The molecule has 6 nitrogen and oxygen atoms in total. The number of para-hydroxylation sites is 1. The van der Waals surface area contributed by atoms with Crippen LogP contribution < -0.4 is 9.47 Å². The highest BCUT2D eigenvalue weighted by molar-refractivity contribution is 5.81. The molecule has 0 unspecified atom stereocenters. The number of aldehydes is 1. The van der Waals surface area contributed by atoms with Crippen molar-refractivity contribution >= 4 is 6.29 Å². The second kappa shape index (κ2) is 5.31. The van der Waals surface area contributed by atoms with Gasteiger partial charge in [-0.3, -0.25) is 4.79 Å². The van der Waals surface area contributed by atoms with Gasteiger partial charge in [-0.1, -0.05) is 11.2 Å². The molecule has 0 atom stereocenters. The van der Waals surface area contributed by atoms with E-state index in [1.165, 1.54) is 7.11 Å². The number of methoxy groups -OCH3 is 1. The number of hydrogen-bond acceptors (Lipinski definition) is 6. The summed E-state index contributed by atoms with van der Waals surface area (Å²) in [6.45, 7) is 1.80. The van der Waals surface area contributed by atoms with Crippen molar-refractivity contribution < 1.29 is 18.8 Å². The van der Waals surface area contributed by atoms with Gasteiger partial charge >= 0.3 is 0 Å². The predicted molar refractivity (Wildman–Crippen MR) is 61.7 cm³/mol. The standard InChI is InChI=1S/C12H12N2O4/c1-8-13-11(14-18-8)7-17-12-9(6-15)4-3-5-10(12)16-2/h3-6H,7H2,1-2H3. The molecule has 0 amide bonds. The van der Waals surface area contributed by atoms with Crippen LogP contribution in [0.4, 0.5) is 0 Å². The Balaban J connectivity index is 2.19. The average molecular weight is 248 g/mol. The van der Waals surface area contributed by atoms with E-state index < -0.39 is 0 Å². The Kier molecular flexibility index (Phi) is 3.57. The third-order valence-corrected chi connectivity index (χ3v) is 2.27. The summed E-state index contributed by atoms with van der Waals surface area (Å²) in [6.07, 6.45) is 0.708. The van der Waals surface area contributed by atoms with E-state index in [1.807, 2.05) is 0 Å². The maximum Gasteiger partial charge on any atom is 0.223 e. The first-order valence-corrected chi connectivity index (χ1v) is 5.28. The van der Waals surface area contributed by atoms with Gasteiger partial charge in [-0.25, -0.2) is 0 Å². The second-order valence-corrected chi connectivity index (χ2v) is 3.51. The lowest BCUT2D eigenvalue weighted by Gasteiger charge is -2.10. The molecular weight excluding hydrogens is 236 g/mol. The molecule has 1 aromatic heterocycles. The minimum atomic E-state index is 0.110. The van der Waals surface area contributed by atoms with Crippen LogP contribution in [0.1, 0.15) is 22.1 Å². The fourth-order valence-electron chi connectivity index (χ4n) is 1.48. The number of carbonyl (C=O) groups is 1. The van der Waals surface area contributed by atoms with Crippen LogP contribution in [0.2, 0.25) is 0 Å². The SMILES string of the molecule is COc1cccc(C=O)c1OCc1noc(C)n1. The summed E-state index contributed by atoms with van der Waals surface area (Å²) < 4.78 is 15.5. The molecule has 94 valence electrons. The lowest BCUT2D eigenvalue weighted by molar-refractivity contribution is 0.111. The number of carbonyl (C=O) groups excluding carboxylic acids is 1. The summed E-state index contributed by atoms with van der Waals surface area (Å²) in [6, 6.07) is 5.07. The van der Waals surface area contributed by atoms with Gasteiger partial charge in [0.2, 0.25) is 11.7 Å². The highest BCUT2D eigenvalue weighted by atomic mass is 16.5. The van der Waals surface area contributed by atoms with Gasteiger partial charge in [-0.2, -0.15) is 4.98 Å². The van der Waals surface area contributed by atoms with Crippen LogP contribution >= 0.6 is 0 Å². The summed E-state index contributed by atoms with van der Waals surface area (Å²) in [4.78, 5) is 14.9. The van der Waals surface area contributed by atoms with Crippen LogP contribution in [-0.4, -0.2) is 23.5 Å². The van der Waals surface area contributed by atoms with Gasteiger partial charge in [-0.15, -0.1) is 0 Å². The zero-order valence-corrected chi connectivity index (χ0v) is 10.0. The molecule has 2 rings (SSSR count). The number of ether oxygens (including phenoxy) is 2. The molecule has 0 bridgehead atoms. The summed E-state index contributed by atoms with van der Waals surface area (Å²) in [5, 5.41) is 3.70. The molecular formula is C12H12N2O4. The van der Waals surface area contributed by atoms with Crippen LogP contribution in [0.15, 0.2) is 22.7 Å². The van der Waals surface area contributed by atoms with Crippen molar-refractivity contribution in [3.8, 4) is 11.5 Å². The van der Waals surface area contributed by atoms with Crippen LogP contribution in [0, 0.1) is 6.92 Å². The molecule has 0 fully saturated rings. The molecule has 0 N–H and O–H groups in total. The summed E-state index contributed by atoms with van der Waals surface area (Å²) in [5.41, 5.74) is 0.412. The van der Waals surface area contributed by atoms with Crippen LogP contribution in [0.25, 0.3) is 0 Å². The quantitative estimate of drug-likeness (QED) is 0.751. The van der Waals surface area contributed by atoms with E-state index in [4.69, 9.17) is 14.0 Å². The zero-order chi connectivity index (χ0) is 13.0. The zero-order valence-electron chi connectivity index (χ0n) is 10.0. The van der Waals surface area contributed by atoms with Crippen LogP contribution in [0.3, 0.4) is 0 Å². The monoisotopic (exact) mass is 248 g/mol. The molecule has 1 aromatic carbocycles. The normalized spacial score (nSPS) is 10.1. The maximum atomic E-state index is 10.9. The Bertz CT molecular complexity index is 551. The lowest BCUT2D eigenvalue weighted by Crippen LogP contribution is -2.02. The molecule has 18 heavy (non-hydrogen) atoms. The Morgan fingerprint density at radius 3 is 2.89 bits per heavy atom. The summed E-state index contributed by atoms with van der Waals surface area (Å²) >= 11 is 0. The van der Waals surface area contributed by atoms with E-state index in [2.05, 4.69) is 10.1 Å². The smallest absolute Gasteiger partial charge is 0.223 e. The van der Waals surface area contributed by atoms with E-state index in [0.717, 1.165) is 0 Å². The Hall–Kier alpha value is -2.37. The number of hydrogen-bond donors (Lipinski definition) is 0. The first kappa shape index (κ1) is 12.1. The molecule has 0 radical (unpaired) electrons. The molecule has 0 spiro atoms. The minimum absolute atomic E-state index is 0.110. The van der Waals surface area contributed by atoms with Crippen molar-refractivity contribution in [2.45, 2.75) is 13.5 Å². The largest absolute Gasteiger partial charge is 0.493 e. The van der Waals surface area contributed by atoms with Crippen molar-refractivity contribution in [1.82, 2.24) is 10.1 Å². The molecule has 2 aromatic rings. The molecule has 0 aliphatic carbocycles. The van der Waals surface area contributed by atoms with Gasteiger partial charge in [0.05, 0.1) is 12.7 Å². The number of benzene rings is 1. The molecule has 6 heteroatoms.